The first kappa shape index (κ1) is 20.9. The Balaban J connectivity index is 4.79. The summed E-state index contributed by atoms with van der Waals surface area (Å²) in [5, 5.41) is 12.0. The van der Waals surface area contributed by atoms with E-state index in [1.807, 2.05) is 27.7 Å². The van der Waals surface area contributed by atoms with Crippen LogP contribution in [0.25, 0.3) is 0 Å². The van der Waals surface area contributed by atoms with Crippen molar-refractivity contribution in [1.29, 1.82) is 0 Å². The molecule has 0 spiro atoms. The van der Waals surface area contributed by atoms with Gasteiger partial charge in [0.25, 0.3) is 0 Å². The van der Waals surface area contributed by atoms with Crippen molar-refractivity contribution >= 4 is 11.9 Å². The van der Waals surface area contributed by atoms with Crippen LogP contribution in [-0.2, 0) is 9.59 Å². The zero-order valence-electron chi connectivity index (χ0n) is 15.1. The van der Waals surface area contributed by atoms with E-state index in [-0.39, 0.29) is 11.8 Å². The summed E-state index contributed by atoms with van der Waals surface area (Å²) in [5.41, 5.74) is -0.602. The Morgan fingerprint density at radius 3 is 2.00 bits per heavy atom. The third-order valence-corrected chi connectivity index (χ3v) is 3.62. The zero-order chi connectivity index (χ0) is 17.3. The van der Waals surface area contributed by atoms with Crippen LogP contribution in [-0.4, -0.2) is 47.6 Å². The number of nitrogens with one attached hydrogen (secondary N) is 1. The van der Waals surface area contributed by atoms with Crippen molar-refractivity contribution in [2.24, 2.45) is 11.3 Å². The second kappa shape index (κ2) is 9.82. The lowest BCUT2D eigenvalue weighted by Crippen LogP contribution is -2.50. The lowest BCUT2D eigenvalue weighted by molar-refractivity contribution is -0.144. The van der Waals surface area contributed by atoms with Gasteiger partial charge < -0.3 is 15.3 Å². The third-order valence-electron chi connectivity index (χ3n) is 3.62. The Hall–Kier alpha value is -1.10. The summed E-state index contributed by atoms with van der Waals surface area (Å²) in [7, 11) is 0. The van der Waals surface area contributed by atoms with Gasteiger partial charge in [-0.05, 0) is 52.1 Å². The number of hydrogen-bond donors (Lipinski definition) is 2. The van der Waals surface area contributed by atoms with Gasteiger partial charge in [0.05, 0.1) is 5.41 Å². The van der Waals surface area contributed by atoms with E-state index in [1.165, 1.54) is 0 Å². The molecule has 1 amide bonds. The number of aliphatic carboxylic acids is 1. The first-order chi connectivity index (χ1) is 10.1. The van der Waals surface area contributed by atoms with Crippen LogP contribution in [0.4, 0.5) is 0 Å². The number of amides is 1. The highest BCUT2D eigenvalue weighted by Gasteiger charge is 2.33. The maximum absolute atomic E-state index is 12.5. The van der Waals surface area contributed by atoms with Crippen molar-refractivity contribution in [2.45, 2.75) is 66.8 Å². The van der Waals surface area contributed by atoms with E-state index in [1.54, 1.807) is 0 Å². The molecule has 0 aliphatic carbocycles. The van der Waals surface area contributed by atoms with Crippen LogP contribution in [0.1, 0.15) is 60.8 Å². The van der Waals surface area contributed by atoms with Crippen molar-refractivity contribution in [3.8, 4) is 0 Å². The number of carbonyl (C=O) groups is 2. The molecule has 0 saturated heterocycles. The predicted octanol–water partition coefficient (Wildman–Crippen LogP) is 2.75. The number of hydrogen-bond acceptors (Lipinski definition) is 3. The first-order valence-electron chi connectivity index (χ1n) is 8.40. The summed E-state index contributed by atoms with van der Waals surface area (Å²) in [4.78, 5) is 26.1. The molecule has 0 rings (SSSR count). The Kier molecular flexibility index (Phi) is 9.33. The minimum Gasteiger partial charge on any atom is -0.480 e. The second-order valence-electron chi connectivity index (χ2n) is 7.15. The molecular weight excluding hydrogens is 280 g/mol. The van der Waals surface area contributed by atoms with E-state index < -0.39 is 17.4 Å². The molecule has 0 aliphatic heterocycles. The molecule has 0 saturated carbocycles. The topological polar surface area (TPSA) is 69.6 Å². The van der Waals surface area contributed by atoms with E-state index >= 15 is 0 Å². The average molecular weight is 314 g/mol. The van der Waals surface area contributed by atoms with Gasteiger partial charge in [0.2, 0.25) is 5.91 Å². The summed E-state index contributed by atoms with van der Waals surface area (Å²) >= 11 is 0. The zero-order valence-corrected chi connectivity index (χ0v) is 15.1. The summed E-state index contributed by atoms with van der Waals surface area (Å²) in [6.07, 6.45) is 2.54. The molecule has 0 radical (unpaired) electrons. The highest BCUT2D eigenvalue weighted by molar-refractivity contribution is 5.87. The summed E-state index contributed by atoms with van der Waals surface area (Å²) in [6, 6.07) is -0.808. The van der Waals surface area contributed by atoms with Crippen LogP contribution in [0.15, 0.2) is 0 Å². The lowest BCUT2D eigenvalue weighted by Gasteiger charge is -2.32. The lowest BCUT2D eigenvalue weighted by atomic mass is 9.90. The highest BCUT2D eigenvalue weighted by atomic mass is 16.4. The largest absolute Gasteiger partial charge is 0.480 e. The van der Waals surface area contributed by atoms with E-state index in [0.717, 1.165) is 25.9 Å². The molecule has 0 fully saturated rings. The van der Waals surface area contributed by atoms with Gasteiger partial charge in [-0.2, -0.15) is 0 Å². The average Bonchev–Trinajstić information content (AvgIpc) is 2.37. The Bertz CT molecular complexity index is 348. The summed E-state index contributed by atoms with van der Waals surface area (Å²) < 4.78 is 0. The molecule has 0 bridgehead atoms. The molecule has 130 valence electrons. The Labute approximate surface area is 135 Å². The van der Waals surface area contributed by atoms with Crippen molar-refractivity contribution in [3.05, 3.63) is 0 Å². The van der Waals surface area contributed by atoms with E-state index in [9.17, 15) is 14.7 Å². The van der Waals surface area contributed by atoms with Gasteiger partial charge in [-0.25, -0.2) is 4.79 Å². The minimum absolute atomic E-state index is 0.183. The molecule has 0 heterocycles. The number of carboxylic acid groups (broad SMARTS) is 1. The van der Waals surface area contributed by atoms with Crippen LogP contribution >= 0.6 is 0 Å². The van der Waals surface area contributed by atoms with Gasteiger partial charge in [-0.3, -0.25) is 4.79 Å². The fraction of sp³-hybridized carbons (Fsp3) is 0.882. The molecule has 0 aromatic carbocycles. The molecule has 2 N–H and O–H groups in total. The predicted molar refractivity (Wildman–Crippen MR) is 89.8 cm³/mol. The fourth-order valence-electron chi connectivity index (χ4n) is 2.58. The fourth-order valence-corrected chi connectivity index (χ4v) is 2.58. The molecule has 5 nitrogen and oxygen atoms in total. The second-order valence-corrected chi connectivity index (χ2v) is 7.15. The normalized spacial score (nSPS) is 13.5. The molecule has 0 aliphatic rings. The van der Waals surface area contributed by atoms with Crippen LogP contribution in [0.3, 0.4) is 0 Å². The number of rotatable bonds is 11. The van der Waals surface area contributed by atoms with E-state index in [2.05, 4.69) is 24.1 Å². The Morgan fingerprint density at radius 1 is 1.14 bits per heavy atom. The van der Waals surface area contributed by atoms with Crippen LogP contribution in [0.5, 0.6) is 0 Å². The van der Waals surface area contributed by atoms with Gasteiger partial charge >= 0.3 is 5.97 Å². The standard InChI is InChI=1S/C17H34N2O3/c1-7-9-19(10-8-2)12-17(5,6)16(22)18-14(15(20)21)11-13(3)4/h13-14H,7-12H2,1-6H3,(H,18,22)(H,20,21). The van der Waals surface area contributed by atoms with Gasteiger partial charge in [0, 0.05) is 6.54 Å². The quantitative estimate of drug-likeness (QED) is 0.615. The summed E-state index contributed by atoms with van der Waals surface area (Å²) in [6.45, 7) is 14.5. The molecule has 0 aromatic heterocycles. The first-order valence-corrected chi connectivity index (χ1v) is 8.40. The minimum atomic E-state index is -0.961. The summed E-state index contributed by atoms with van der Waals surface area (Å²) in [5.74, 6) is -0.921. The van der Waals surface area contributed by atoms with Gasteiger partial charge in [0.1, 0.15) is 6.04 Å². The monoisotopic (exact) mass is 314 g/mol. The van der Waals surface area contributed by atoms with Gasteiger partial charge in [0.15, 0.2) is 0 Å². The van der Waals surface area contributed by atoms with Crippen LogP contribution < -0.4 is 5.32 Å². The van der Waals surface area contributed by atoms with Gasteiger partial charge in [-0.15, -0.1) is 0 Å². The van der Waals surface area contributed by atoms with Crippen LogP contribution in [0.2, 0.25) is 0 Å². The number of carbonyl (C=O) groups excluding carboxylic acids is 1. The highest BCUT2D eigenvalue weighted by Crippen LogP contribution is 2.19. The molecular formula is C17H34N2O3. The van der Waals surface area contributed by atoms with Crippen LogP contribution in [0, 0.1) is 11.3 Å². The van der Waals surface area contributed by atoms with Crippen molar-refractivity contribution < 1.29 is 14.7 Å². The molecule has 0 aromatic rings. The number of nitrogens with zero attached hydrogens (tertiary/aromatic N) is 1. The molecule has 22 heavy (non-hydrogen) atoms. The smallest absolute Gasteiger partial charge is 0.326 e. The Morgan fingerprint density at radius 2 is 1.64 bits per heavy atom. The third kappa shape index (κ3) is 7.78. The van der Waals surface area contributed by atoms with Crippen molar-refractivity contribution in [1.82, 2.24) is 10.2 Å². The molecule has 1 atom stereocenters. The van der Waals surface area contributed by atoms with E-state index in [4.69, 9.17) is 0 Å². The van der Waals surface area contributed by atoms with Crippen molar-refractivity contribution in [2.75, 3.05) is 19.6 Å². The maximum atomic E-state index is 12.5. The van der Waals surface area contributed by atoms with E-state index in [0.29, 0.717) is 13.0 Å². The van der Waals surface area contributed by atoms with Crippen molar-refractivity contribution in [3.63, 3.8) is 0 Å². The SMILES string of the molecule is CCCN(CCC)CC(C)(C)C(=O)NC(CC(C)C)C(=O)O. The number of carboxylic acids is 1. The molecule has 5 heteroatoms. The van der Waals surface area contributed by atoms with Gasteiger partial charge in [-0.1, -0.05) is 27.7 Å². The molecule has 1 unspecified atom stereocenters. The maximum Gasteiger partial charge on any atom is 0.326 e.